The summed E-state index contributed by atoms with van der Waals surface area (Å²) in [4.78, 5) is 39.0. The number of hydrogen-bond donors (Lipinski definition) is 3. The molecule has 1 saturated carbocycles. The van der Waals surface area contributed by atoms with Gasteiger partial charge in [-0.25, -0.2) is 4.98 Å². The number of carbonyl (C=O) groups is 2. The van der Waals surface area contributed by atoms with Crippen LogP contribution in [0.2, 0.25) is 5.15 Å². The molecular formula is C37H45ClN6O2. The first-order valence-corrected chi connectivity index (χ1v) is 16.7. The average molecular weight is 641 g/mol. The zero-order chi connectivity index (χ0) is 33.1. The number of nitrogens with two attached hydrogens (primary N) is 1. The smallest absolute Gasteiger partial charge is 0.275 e. The minimum absolute atomic E-state index is 0.00438. The fourth-order valence-electron chi connectivity index (χ4n) is 6.94. The van der Waals surface area contributed by atoms with Crippen LogP contribution in [0.15, 0.2) is 71.9 Å². The highest BCUT2D eigenvalue weighted by Crippen LogP contribution is 2.50. The molecule has 0 bridgehead atoms. The standard InChI is InChI=1S/C37H45ClN6O2/c1-5-6-10-30(24-11-13-25(14-12-24)34(45)42-23-32(39)40)44-35(46)33(43-37(44)18-15-29(16-19-37)36(2,3)4)28-9-7-8-26(21-28)27-17-20-41-31(38)22-27/h7-9,11-14,17,20-22,29-30H,5-6,10,15-16,18-19,23H2,1-4H3,(H3,39,40)(H,42,45). The zero-order valence-electron chi connectivity index (χ0n) is 27.3. The van der Waals surface area contributed by atoms with E-state index < -0.39 is 5.66 Å². The third kappa shape index (κ3) is 7.17. The third-order valence-corrected chi connectivity index (χ3v) is 9.74. The van der Waals surface area contributed by atoms with Crippen LogP contribution < -0.4 is 11.1 Å². The number of amidine groups is 1. The summed E-state index contributed by atoms with van der Waals surface area (Å²) in [5.41, 5.74) is 9.60. The number of rotatable bonds is 10. The van der Waals surface area contributed by atoms with Crippen LogP contribution >= 0.6 is 11.6 Å². The molecule has 8 nitrogen and oxygen atoms in total. The van der Waals surface area contributed by atoms with Crippen molar-refractivity contribution in [2.24, 2.45) is 22.1 Å². The molecule has 0 saturated heterocycles. The van der Waals surface area contributed by atoms with Gasteiger partial charge in [0.25, 0.3) is 11.8 Å². The molecule has 0 radical (unpaired) electrons. The summed E-state index contributed by atoms with van der Waals surface area (Å²) >= 11 is 6.20. The van der Waals surface area contributed by atoms with Gasteiger partial charge in [-0.1, -0.05) is 82.5 Å². The molecule has 1 aliphatic heterocycles. The summed E-state index contributed by atoms with van der Waals surface area (Å²) in [7, 11) is 0. The van der Waals surface area contributed by atoms with Crippen molar-refractivity contribution in [3.05, 3.63) is 88.7 Å². The SMILES string of the molecule is CCCCC(c1ccc(C(=O)NCC(=N)N)cc1)N1C(=O)C(c2cccc(-c3ccnc(Cl)c3)c2)=NC12CCC(C(C)(C)C)CC2. The van der Waals surface area contributed by atoms with E-state index >= 15 is 0 Å². The second kappa shape index (κ2) is 13.8. The van der Waals surface area contributed by atoms with Gasteiger partial charge in [-0.2, -0.15) is 0 Å². The van der Waals surface area contributed by atoms with Gasteiger partial charge in [-0.3, -0.25) is 20.0 Å². The first-order chi connectivity index (χ1) is 21.9. The third-order valence-electron chi connectivity index (χ3n) is 9.54. The molecule has 2 aromatic carbocycles. The number of aliphatic imine (C=N–C) groups is 1. The van der Waals surface area contributed by atoms with Crippen molar-refractivity contribution in [2.75, 3.05) is 6.54 Å². The highest BCUT2D eigenvalue weighted by Gasteiger charge is 2.52. The minimum Gasteiger partial charge on any atom is -0.386 e. The van der Waals surface area contributed by atoms with Gasteiger partial charge < -0.3 is 16.0 Å². The van der Waals surface area contributed by atoms with Gasteiger partial charge in [0.1, 0.15) is 22.4 Å². The Morgan fingerprint density at radius 2 is 1.76 bits per heavy atom. The van der Waals surface area contributed by atoms with Gasteiger partial charge in [-0.05, 0) is 90.5 Å². The largest absolute Gasteiger partial charge is 0.386 e. The number of nitrogens with zero attached hydrogens (tertiary/aromatic N) is 3. The molecule has 1 aliphatic carbocycles. The Morgan fingerprint density at radius 1 is 1.09 bits per heavy atom. The summed E-state index contributed by atoms with van der Waals surface area (Å²) in [6, 6.07) is 19.0. The molecule has 9 heteroatoms. The topological polar surface area (TPSA) is 125 Å². The molecule has 1 unspecified atom stereocenters. The Labute approximate surface area is 277 Å². The normalized spacial score (nSPS) is 20.5. The van der Waals surface area contributed by atoms with Crippen molar-refractivity contribution in [1.82, 2.24) is 15.2 Å². The van der Waals surface area contributed by atoms with Gasteiger partial charge in [0, 0.05) is 17.3 Å². The maximum atomic E-state index is 14.7. The molecule has 3 aromatic rings. The van der Waals surface area contributed by atoms with Crippen LogP contribution in [0.3, 0.4) is 0 Å². The Bertz CT molecular complexity index is 1620. The fraction of sp³-hybridized carbons (Fsp3) is 0.432. The Kier molecular flexibility index (Phi) is 9.96. The van der Waals surface area contributed by atoms with Crippen molar-refractivity contribution in [1.29, 1.82) is 5.41 Å². The van der Waals surface area contributed by atoms with Crippen LogP contribution in [0.4, 0.5) is 0 Å². The Balaban J connectivity index is 1.54. The van der Waals surface area contributed by atoms with Crippen molar-refractivity contribution in [3.63, 3.8) is 0 Å². The Hall–Kier alpha value is -4.04. The van der Waals surface area contributed by atoms with Crippen molar-refractivity contribution in [2.45, 2.75) is 84.3 Å². The number of amides is 2. The maximum Gasteiger partial charge on any atom is 0.275 e. The van der Waals surface area contributed by atoms with Gasteiger partial charge in [0.15, 0.2) is 0 Å². The summed E-state index contributed by atoms with van der Waals surface area (Å²) in [6.07, 6.45) is 8.02. The molecule has 1 aromatic heterocycles. The van der Waals surface area contributed by atoms with E-state index in [-0.39, 0.29) is 35.7 Å². The van der Waals surface area contributed by atoms with Crippen LogP contribution in [0.5, 0.6) is 0 Å². The quantitative estimate of drug-likeness (QED) is 0.120. The monoisotopic (exact) mass is 640 g/mol. The maximum absolute atomic E-state index is 14.7. The van der Waals surface area contributed by atoms with E-state index in [0.717, 1.165) is 67.2 Å². The molecule has 2 heterocycles. The lowest BCUT2D eigenvalue weighted by molar-refractivity contribution is -0.133. The van der Waals surface area contributed by atoms with E-state index in [1.807, 2.05) is 48.5 Å². The number of halogens is 1. The van der Waals surface area contributed by atoms with Crippen LogP contribution in [0, 0.1) is 16.7 Å². The molecule has 5 rings (SSSR count). The number of unbranched alkanes of at least 4 members (excludes halogenated alkanes) is 1. The number of nitrogens with one attached hydrogen (secondary N) is 2. The van der Waals surface area contributed by atoms with Gasteiger partial charge >= 0.3 is 0 Å². The molecule has 1 atom stereocenters. The van der Waals surface area contributed by atoms with Crippen molar-refractivity contribution in [3.8, 4) is 11.1 Å². The van der Waals surface area contributed by atoms with Crippen molar-refractivity contribution >= 4 is 35.0 Å². The zero-order valence-corrected chi connectivity index (χ0v) is 28.0. The number of pyridine rings is 1. The van der Waals surface area contributed by atoms with Crippen LogP contribution in [-0.4, -0.2) is 45.5 Å². The van der Waals surface area contributed by atoms with Crippen molar-refractivity contribution < 1.29 is 9.59 Å². The second-order valence-corrected chi connectivity index (χ2v) is 14.1. The van der Waals surface area contributed by atoms with Gasteiger partial charge in [0.2, 0.25) is 0 Å². The minimum atomic E-state index is -0.639. The lowest BCUT2D eigenvalue weighted by Gasteiger charge is -2.47. The molecular weight excluding hydrogens is 596 g/mol. The highest BCUT2D eigenvalue weighted by molar-refractivity contribution is 6.47. The number of aromatic nitrogens is 1. The average Bonchev–Trinajstić information content (AvgIpc) is 3.31. The molecule has 242 valence electrons. The predicted octanol–water partition coefficient (Wildman–Crippen LogP) is 7.56. The van der Waals surface area contributed by atoms with Crippen LogP contribution in [-0.2, 0) is 4.79 Å². The molecule has 1 fully saturated rings. The highest BCUT2D eigenvalue weighted by atomic mass is 35.5. The van der Waals surface area contributed by atoms with Crippen LogP contribution in [0.1, 0.15) is 100 Å². The number of benzene rings is 2. The summed E-state index contributed by atoms with van der Waals surface area (Å²) in [5, 5.41) is 10.5. The Morgan fingerprint density at radius 3 is 2.39 bits per heavy atom. The van der Waals surface area contributed by atoms with Gasteiger partial charge in [-0.15, -0.1) is 0 Å². The summed E-state index contributed by atoms with van der Waals surface area (Å²) in [6.45, 7) is 9.06. The van der Waals surface area contributed by atoms with E-state index in [9.17, 15) is 9.59 Å². The van der Waals surface area contributed by atoms with E-state index in [0.29, 0.717) is 22.3 Å². The van der Waals surface area contributed by atoms with E-state index in [1.165, 1.54) is 0 Å². The van der Waals surface area contributed by atoms with E-state index in [2.05, 4.69) is 42.9 Å². The molecule has 4 N–H and O–H groups in total. The second-order valence-electron chi connectivity index (χ2n) is 13.7. The lowest BCUT2D eigenvalue weighted by atomic mass is 9.69. The molecule has 46 heavy (non-hydrogen) atoms. The fourth-order valence-corrected chi connectivity index (χ4v) is 7.11. The first-order valence-electron chi connectivity index (χ1n) is 16.3. The summed E-state index contributed by atoms with van der Waals surface area (Å²) in [5.74, 6) is 0.107. The lowest BCUT2D eigenvalue weighted by Crippen LogP contribution is -2.51. The molecule has 2 aliphatic rings. The predicted molar refractivity (Wildman–Crippen MR) is 185 cm³/mol. The number of carbonyl (C=O) groups excluding carboxylic acids is 2. The molecule has 2 amide bonds. The van der Waals surface area contributed by atoms with E-state index in [4.69, 9.17) is 27.7 Å². The molecule has 1 spiro atoms. The first kappa shape index (κ1) is 33.3. The summed E-state index contributed by atoms with van der Waals surface area (Å²) < 4.78 is 0. The number of hydrogen-bond acceptors (Lipinski definition) is 5. The van der Waals surface area contributed by atoms with Gasteiger partial charge in [0.05, 0.1) is 12.6 Å². The van der Waals surface area contributed by atoms with E-state index in [1.54, 1.807) is 18.3 Å². The van der Waals surface area contributed by atoms with Crippen LogP contribution in [0.25, 0.3) is 11.1 Å².